The van der Waals surface area contributed by atoms with Crippen molar-refractivity contribution in [3.8, 4) is 0 Å². The van der Waals surface area contributed by atoms with Gasteiger partial charge in [-0.1, -0.05) is 19.1 Å². The molecule has 1 aromatic carbocycles. The van der Waals surface area contributed by atoms with Crippen molar-refractivity contribution < 1.29 is 19.0 Å². The van der Waals surface area contributed by atoms with Crippen LogP contribution in [0.2, 0.25) is 0 Å². The molecule has 0 bridgehead atoms. The van der Waals surface area contributed by atoms with Gasteiger partial charge in [0.1, 0.15) is 5.82 Å². The normalized spacial score (nSPS) is 14.2. The van der Waals surface area contributed by atoms with Crippen LogP contribution < -0.4 is 0 Å². The van der Waals surface area contributed by atoms with Crippen LogP contribution in [0.3, 0.4) is 0 Å². The van der Waals surface area contributed by atoms with E-state index in [1.807, 2.05) is 0 Å². The van der Waals surface area contributed by atoms with E-state index >= 15 is 0 Å². The van der Waals surface area contributed by atoms with Gasteiger partial charge in [0.2, 0.25) is 0 Å². The van der Waals surface area contributed by atoms with Crippen LogP contribution in [0.25, 0.3) is 0 Å². The Morgan fingerprint density at radius 1 is 1.53 bits per heavy atom. The van der Waals surface area contributed by atoms with Crippen LogP contribution >= 0.6 is 0 Å². The number of aryl methyl sites for hydroxylation is 1. The standard InChI is InChI=1S/C13H17FO3/c1-4-10(13(16)17-3)12(15)9-6-5-8(2)11(14)7-9/h5-7,10,12,15H,4H2,1-3H3. The van der Waals surface area contributed by atoms with Gasteiger partial charge in [0, 0.05) is 0 Å². The second-order valence-electron chi connectivity index (χ2n) is 3.99. The summed E-state index contributed by atoms with van der Waals surface area (Å²) in [5.41, 5.74) is 0.900. The van der Waals surface area contributed by atoms with Crippen molar-refractivity contribution in [1.82, 2.24) is 0 Å². The monoisotopic (exact) mass is 240 g/mol. The van der Waals surface area contributed by atoms with Gasteiger partial charge < -0.3 is 9.84 Å². The van der Waals surface area contributed by atoms with Gasteiger partial charge in [-0.15, -0.1) is 0 Å². The Hall–Kier alpha value is -1.42. The van der Waals surface area contributed by atoms with Gasteiger partial charge in [-0.25, -0.2) is 4.39 Å². The third-order valence-corrected chi connectivity index (χ3v) is 2.86. The Balaban J connectivity index is 2.97. The van der Waals surface area contributed by atoms with Crippen molar-refractivity contribution in [2.24, 2.45) is 5.92 Å². The number of carbonyl (C=O) groups excluding carboxylic acids is 1. The third-order valence-electron chi connectivity index (χ3n) is 2.86. The molecule has 94 valence electrons. The highest BCUT2D eigenvalue weighted by Gasteiger charge is 2.27. The van der Waals surface area contributed by atoms with E-state index in [1.54, 1.807) is 26.0 Å². The number of ether oxygens (including phenoxy) is 1. The SMILES string of the molecule is CCC(C(=O)OC)C(O)c1ccc(C)c(F)c1. The van der Waals surface area contributed by atoms with E-state index in [4.69, 9.17) is 0 Å². The van der Waals surface area contributed by atoms with Gasteiger partial charge in [0.15, 0.2) is 0 Å². The predicted octanol–water partition coefficient (Wildman–Crippen LogP) is 2.37. The first-order chi connectivity index (χ1) is 8.01. The molecule has 1 N–H and O–H groups in total. The summed E-state index contributed by atoms with van der Waals surface area (Å²) in [7, 11) is 1.27. The van der Waals surface area contributed by atoms with Crippen molar-refractivity contribution in [2.75, 3.05) is 7.11 Å². The molecule has 0 heterocycles. The fraction of sp³-hybridized carbons (Fsp3) is 0.462. The minimum Gasteiger partial charge on any atom is -0.469 e. The molecular formula is C13H17FO3. The maximum atomic E-state index is 13.4. The molecule has 0 radical (unpaired) electrons. The molecule has 2 unspecified atom stereocenters. The largest absolute Gasteiger partial charge is 0.469 e. The number of aliphatic hydroxyl groups excluding tert-OH is 1. The van der Waals surface area contributed by atoms with E-state index in [1.165, 1.54) is 13.2 Å². The van der Waals surface area contributed by atoms with Crippen LogP contribution in [0.15, 0.2) is 18.2 Å². The minimum atomic E-state index is -1.04. The lowest BCUT2D eigenvalue weighted by Gasteiger charge is -2.19. The topological polar surface area (TPSA) is 46.5 Å². The van der Waals surface area contributed by atoms with Gasteiger partial charge in [-0.05, 0) is 30.5 Å². The molecule has 2 atom stereocenters. The molecule has 0 saturated carbocycles. The van der Waals surface area contributed by atoms with E-state index in [9.17, 15) is 14.3 Å². The highest BCUT2D eigenvalue weighted by atomic mass is 19.1. The first kappa shape index (κ1) is 13.6. The quantitative estimate of drug-likeness (QED) is 0.822. The zero-order chi connectivity index (χ0) is 13.0. The lowest BCUT2D eigenvalue weighted by atomic mass is 9.93. The van der Waals surface area contributed by atoms with Crippen molar-refractivity contribution in [3.05, 3.63) is 35.1 Å². The summed E-state index contributed by atoms with van der Waals surface area (Å²) in [6.45, 7) is 3.42. The molecule has 0 spiro atoms. The molecule has 1 aromatic rings. The zero-order valence-electron chi connectivity index (χ0n) is 10.2. The van der Waals surface area contributed by atoms with Crippen LogP contribution in [0.1, 0.15) is 30.6 Å². The van der Waals surface area contributed by atoms with Gasteiger partial charge in [0.05, 0.1) is 19.1 Å². The molecule has 0 aromatic heterocycles. The fourth-order valence-electron chi connectivity index (χ4n) is 1.70. The summed E-state index contributed by atoms with van der Waals surface area (Å²) in [5, 5.41) is 10.0. The summed E-state index contributed by atoms with van der Waals surface area (Å²) in [6.07, 6.45) is -0.605. The molecule has 17 heavy (non-hydrogen) atoms. The Morgan fingerprint density at radius 2 is 2.18 bits per heavy atom. The number of methoxy groups -OCH3 is 1. The van der Waals surface area contributed by atoms with Gasteiger partial charge in [-0.3, -0.25) is 4.79 Å². The van der Waals surface area contributed by atoms with Gasteiger partial charge in [0.25, 0.3) is 0 Å². The van der Waals surface area contributed by atoms with Crippen molar-refractivity contribution >= 4 is 5.97 Å². The number of aliphatic hydroxyl groups is 1. The molecule has 0 aliphatic carbocycles. The molecule has 0 aliphatic rings. The number of halogens is 1. The molecular weight excluding hydrogens is 223 g/mol. The third kappa shape index (κ3) is 3.03. The van der Waals surface area contributed by atoms with E-state index in [0.717, 1.165) is 0 Å². The molecule has 0 aliphatic heterocycles. The van der Waals surface area contributed by atoms with E-state index in [0.29, 0.717) is 17.5 Å². The van der Waals surface area contributed by atoms with Crippen LogP contribution in [-0.4, -0.2) is 18.2 Å². The highest BCUT2D eigenvalue weighted by Crippen LogP contribution is 2.26. The second kappa shape index (κ2) is 5.77. The summed E-state index contributed by atoms with van der Waals surface area (Å²) in [4.78, 5) is 11.4. The smallest absolute Gasteiger partial charge is 0.311 e. The molecule has 1 rings (SSSR count). The number of hydrogen-bond acceptors (Lipinski definition) is 3. The van der Waals surface area contributed by atoms with Crippen LogP contribution in [0, 0.1) is 18.7 Å². The van der Waals surface area contributed by atoms with Gasteiger partial charge >= 0.3 is 5.97 Å². The first-order valence-electron chi connectivity index (χ1n) is 5.53. The number of hydrogen-bond donors (Lipinski definition) is 1. The van der Waals surface area contributed by atoms with Crippen LogP contribution in [0.5, 0.6) is 0 Å². The number of benzene rings is 1. The molecule has 0 amide bonds. The molecule has 4 heteroatoms. The summed E-state index contributed by atoms with van der Waals surface area (Å²) in [5.74, 6) is -1.54. The lowest BCUT2D eigenvalue weighted by Crippen LogP contribution is -2.23. The lowest BCUT2D eigenvalue weighted by molar-refractivity contribution is -0.149. The van der Waals surface area contributed by atoms with Crippen LogP contribution in [0.4, 0.5) is 4.39 Å². The number of carbonyl (C=O) groups is 1. The molecule has 3 nitrogen and oxygen atoms in total. The maximum Gasteiger partial charge on any atom is 0.311 e. The summed E-state index contributed by atoms with van der Waals surface area (Å²) in [6, 6.07) is 4.46. The Bertz CT molecular complexity index is 404. The van der Waals surface area contributed by atoms with E-state index < -0.39 is 18.0 Å². The first-order valence-corrected chi connectivity index (χ1v) is 5.53. The van der Waals surface area contributed by atoms with Crippen molar-refractivity contribution in [2.45, 2.75) is 26.4 Å². The molecule has 0 fully saturated rings. The molecule has 0 saturated heterocycles. The predicted molar refractivity (Wildman–Crippen MR) is 61.9 cm³/mol. The summed E-state index contributed by atoms with van der Waals surface area (Å²) >= 11 is 0. The number of rotatable bonds is 4. The number of esters is 1. The second-order valence-corrected chi connectivity index (χ2v) is 3.99. The average Bonchev–Trinajstić information content (AvgIpc) is 2.33. The highest BCUT2D eigenvalue weighted by molar-refractivity contribution is 5.73. The minimum absolute atomic E-state index is 0.388. The Labute approximate surface area is 100 Å². The van der Waals surface area contributed by atoms with E-state index in [-0.39, 0.29) is 5.82 Å². The maximum absolute atomic E-state index is 13.4. The fourth-order valence-corrected chi connectivity index (χ4v) is 1.70. The summed E-state index contributed by atoms with van der Waals surface area (Å²) < 4.78 is 18.0. The van der Waals surface area contributed by atoms with E-state index in [2.05, 4.69) is 4.74 Å². The average molecular weight is 240 g/mol. The zero-order valence-corrected chi connectivity index (χ0v) is 10.2. The Morgan fingerprint density at radius 3 is 2.65 bits per heavy atom. The van der Waals surface area contributed by atoms with Crippen molar-refractivity contribution in [1.29, 1.82) is 0 Å². The van der Waals surface area contributed by atoms with Gasteiger partial charge in [-0.2, -0.15) is 0 Å². The van der Waals surface area contributed by atoms with Crippen molar-refractivity contribution in [3.63, 3.8) is 0 Å². The van der Waals surface area contributed by atoms with Crippen LogP contribution in [-0.2, 0) is 9.53 Å². The Kier molecular flexibility index (Phi) is 4.63.